The zero-order chi connectivity index (χ0) is 13.0. The van der Waals surface area contributed by atoms with Crippen molar-refractivity contribution in [3.05, 3.63) is 24.3 Å². The van der Waals surface area contributed by atoms with Crippen LogP contribution >= 0.6 is 0 Å². The highest BCUT2D eigenvalue weighted by atomic mass is 16.5. The fourth-order valence-corrected chi connectivity index (χ4v) is 2.18. The Morgan fingerprint density at radius 1 is 1.22 bits per heavy atom. The molecule has 0 aromatic heterocycles. The first-order valence-corrected chi connectivity index (χ1v) is 6.23. The van der Waals surface area contributed by atoms with Crippen molar-refractivity contribution >= 4 is 5.97 Å². The van der Waals surface area contributed by atoms with Crippen LogP contribution in [0.15, 0.2) is 24.3 Å². The molecule has 4 nitrogen and oxygen atoms in total. The van der Waals surface area contributed by atoms with E-state index >= 15 is 0 Å². The topological polar surface area (TPSA) is 55.8 Å². The van der Waals surface area contributed by atoms with E-state index in [9.17, 15) is 9.90 Å². The van der Waals surface area contributed by atoms with Gasteiger partial charge in [0, 0.05) is 6.07 Å². The number of rotatable bonds is 3. The van der Waals surface area contributed by atoms with Gasteiger partial charge in [-0.3, -0.25) is 4.79 Å². The number of hydrogen-bond acceptors (Lipinski definition) is 4. The van der Waals surface area contributed by atoms with Crippen molar-refractivity contribution in [3.63, 3.8) is 0 Å². The molecule has 0 radical (unpaired) electrons. The van der Waals surface area contributed by atoms with Crippen LogP contribution in [0.3, 0.4) is 0 Å². The van der Waals surface area contributed by atoms with Crippen molar-refractivity contribution in [2.24, 2.45) is 5.92 Å². The number of hydrogen-bond donors (Lipinski definition) is 1. The molecule has 98 valence electrons. The Labute approximate surface area is 107 Å². The van der Waals surface area contributed by atoms with E-state index in [4.69, 9.17) is 9.47 Å². The summed E-state index contributed by atoms with van der Waals surface area (Å²) in [4.78, 5) is 11.9. The lowest BCUT2D eigenvalue weighted by Crippen LogP contribution is -2.27. The van der Waals surface area contributed by atoms with Crippen LogP contribution in [0.1, 0.15) is 25.7 Å². The van der Waals surface area contributed by atoms with Gasteiger partial charge in [0.15, 0.2) is 0 Å². The summed E-state index contributed by atoms with van der Waals surface area (Å²) in [5.74, 6) is 0.861. The second-order valence-corrected chi connectivity index (χ2v) is 4.61. The van der Waals surface area contributed by atoms with Gasteiger partial charge in [-0.2, -0.15) is 0 Å². The van der Waals surface area contributed by atoms with Crippen LogP contribution in [0, 0.1) is 5.92 Å². The second-order valence-electron chi connectivity index (χ2n) is 4.61. The minimum absolute atomic E-state index is 0.0976. The van der Waals surface area contributed by atoms with Crippen LogP contribution in [0.2, 0.25) is 0 Å². The average molecular weight is 250 g/mol. The predicted octanol–water partition coefficient (Wildman–Crippen LogP) is 2.15. The fraction of sp³-hybridized carbons (Fsp3) is 0.500. The van der Waals surface area contributed by atoms with E-state index in [1.54, 1.807) is 31.4 Å². The SMILES string of the molecule is COc1cccc(OC(=O)C2CCC(O)CC2)c1. The molecule has 0 heterocycles. The van der Waals surface area contributed by atoms with E-state index in [-0.39, 0.29) is 18.0 Å². The summed E-state index contributed by atoms with van der Waals surface area (Å²) in [7, 11) is 1.57. The number of esters is 1. The number of aliphatic hydroxyl groups is 1. The van der Waals surface area contributed by atoms with Gasteiger partial charge < -0.3 is 14.6 Å². The van der Waals surface area contributed by atoms with E-state index in [2.05, 4.69) is 0 Å². The standard InChI is InChI=1S/C14H18O4/c1-17-12-3-2-4-13(9-12)18-14(16)10-5-7-11(15)8-6-10/h2-4,9-11,15H,5-8H2,1H3. The number of ether oxygens (including phenoxy) is 2. The lowest BCUT2D eigenvalue weighted by Gasteiger charge is -2.23. The highest BCUT2D eigenvalue weighted by Crippen LogP contribution is 2.27. The molecule has 4 heteroatoms. The smallest absolute Gasteiger partial charge is 0.314 e. The first-order chi connectivity index (χ1) is 8.69. The number of aliphatic hydroxyl groups excluding tert-OH is 1. The molecule has 1 aliphatic carbocycles. The molecule has 1 aromatic rings. The lowest BCUT2D eigenvalue weighted by atomic mass is 9.87. The predicted molar refractivity (Wildman–Crippen MR) is 66.6 cm³/mol. The second kappa shape index (κ2) is 5.87. The van der Waals surface area contributed by atoms with Gasteiger partial charge in [0.05, 0.1) is 19.1 Å². The van der Waals surface area contributed by atoms with Gasteiger partial charge in [-0.15, -0.1) is 0 Å². The molecular formula is C14H18O4. The van der Waals surface area contributed by atoms with E-state index in [1.165, 1.54) is 0 Å². The van der Waals surface area contributed by atoms with Crippen molar-refractivity contribution in [2.75, 3.05) is 7.11 Å². The molecule has 1 N–H and O–H groups in total. The van der Waals surface area contributed by atoms with Crippen molar-refractivity contribution < 1.29 is 19.4 Å². The third kappa shape index (κ3) is 3.23. The molecule has 1 aliphatic rings. The summed E-state index contributed by atoms with van der Waals surface area (Å²) < 4.78 is 10.4. The maximum absolute atomic E-state index is 11.9. The van der Waals surface area contributed by atoms with Crippen LogP contribution in [0.5, 0.6) is 11.5 Å². The van der Waals surface area contributed by atoms with Gasteiger partial charge in [-0.1, -0.05) is 6.07 Å². The molecule has 0 unspecified atom stereocenters. The monoisotopic (exact) mass is 250 g/mol. The molecular weight excluding hydrogens is 232 g/mol. The molecule has 0 aliphatic heterocycles. The number of carbonyl (C=O) groups is 1. The summed E-state index contributed by atoms with van der Waals surface area (Å²) in [6, 6.07) is 7.01. The first kappa shape index (κ1) is 12.9. The van der Waals surface area contributed by atoms with Gasteiger partial charge >= 0.3 is 5.97 Å². The zero-order valence-corrected chi connectivity index (χ0v) is 10.5. The van der Waals surface area contributed by atoms with Crippen molar-refractivity contribution in [1.29, 1.82) is 0 Å². The van der Waals surface area contributed by atoms with Crippen LogP contribution in [-0.4, -0.2) is 24.3 Å². The third-order valence-corrected chi connectivity index (χ3v) is 3.29. The lowest BCUT2D eigenvalue weighted by molar-refractivity contribution is -0.140. The Kier molecular flexibility index (Phi) is 4.20. The maximum Gasteiger partial charge on any atom is 0.314 e. The normalized spacial score (nSPS) is 23.4. The van der Waals surface area contributed by atoms with Crippen LogP contribution in [0.25, 0.3) is 0 Å². The highest BCUT2D eigenvalue weighted by Gasteiger charge is 2.26. The van der Waals surface area contributed by atoms with Gasteiger partial charge in [0.1, 0.15) is 11.5 Å². The van der Waals surface area contributed by atoms with E-state index < -0.39 is 0 Å². The largest absolute Gasteiger partial charge is 0.497 e. The Bertz CT molecular complexity index is 408. The zero-order valence-electron chi connectivity index (χ0n) is 10.5. The highest BCUT2D eigenvalue weighted by molar-refractivity contribution is 5.75. The van der Waals surface area contributed by atoms with E-state index in [0.29, 0.717) is 37.2 Å². The summed E-state index contributed by atoms with van der Waals surface area (Å²) in [5, 5.41) is 9.40. The average Bonchev–Trinajstić information content (AvgIpc) is 2.39. The molecule has 1 aromatic carbocycles. The summed E-state index contributed by atoms with van der Waals surface area (Å²) in [6.07, 6.45) is 2.50. The fourth-order valence-electron chi connectivity index (χ4n) is 2.18. The minimum Gasteiger partial charge on any atom is -0.497 e. The van der Waals surface area contributed by atoms with Crippen LogP contribution in [0.4, 0.5) is 0 Å². The maximum atomic E-state index is 11.9. The van der Waals surface area contributed by atoms with Gasteiger partial charge in [-0.25, -0.2) is 0 Å². The Hall–Kier alpha value is -1.55. The number of benzene rings is 1. The van der Waals surface area contributed by atoms with Crippen LogP contribution in [-0.2, 0) is 4.79 Å². The van der Waals surface area contributed by atoms with Gasteiger partial charge in [-0.05, 0) is 37.8 Å². The number of carbonyl (C=O) groups excluding carboxylic acids is 1. The Morgan fingerprint density at radius 2 is 1.89 bits per heavy atom. The molecule has 0 atom stereocenters. The van der Waals surface area contributed by atoms with E-state index in [0.717, 1.165) is 0 Å². The first-order valence-electron chi connectivity index (χ1n) is 6.23. The quantitative estimate of drug-likeness (QED) is 0.659. The van der Waals surface area contributed by atoms with Crippen molar-refractivity contribution in [1.82, 2.24) is 0 Å². The molecule has 0 bridgehead atoms. The van der Waals surface area contributed by atoms with Crippen LogP contribution < -0.4 is 9.47 Å². The van der Waals surface area contributed by atoms with Crippen molar-refractivity contribution in [2.45, 2.75) is 31.8 Å². The van der Waals surface area contributed by atoms with Gasteiger partial charge in [0.25, 0.3) is 0 Å². The Morgan fingerprint density at radius 3 is 2.56 bits per heavy atom. The molecule has 2 rings (SSSR count). The summed E-state index contributed by atoms with van der Waals surface area (Å²) >= 11 is 0. The third-order valence-electron chi connectivity index (χ3n) is 3.29. The summed E-state index contributed by atoms with van der Waals surface area (Å²) in [5.41, 5.74) is 0. The number of methoxy groups -OCH3 is 1. The molecule has 0 amide bonds. The molecule has 0 saturated heterocycles. The Balaban J connectivity index is 1.94. The molecule has 18 heavy (non-hydrogen) atoms. The van der Waals surface area contributed by atoms with Crippen molar-refractivity contribution in [3.8, 4) is 11.5 Å². The van der Waals surface area contributed by atoms with Gasteiger partial charge in [0.2, 0.25) is 0 Å². The molecule has 1 saturated carbocycles. The minimum atomic E-state index is -0.258. The molecule has 0 spiro atoms. The summed E-state index contributed by atoms with van der Waals surface area (Å²) in [6.45, 7) is 0. The molecule has 1 fully saturated rings. The van der Waals surface area contributed by atoms with E-state index in [1.807, 2.05) is 0 Å².